The van der Waals surface area contributed by atoms with Crippen molar-refractivity contribution in [2.24, 2.45) is 0 Å². The predicted molar refractivity (Wildman–Crippen MR) is 76.1 cm³/mol. The molecule has 0 bridgehead atoms. The number of amides is 1. The quantitative estimate of drug-likeness (QED) is 0.900. The largest absolute Gasteiger partial charge is 0.387 e. The second kappa shape index (κ2) is 6.14. The van der Waals surface area contributed by atoms with Gasteiger partial charge in [0.2, 0.25) is 0 Å². The summed E-state index contributed by atoms with van der Waals surface area (Å²) >= 11 is 0. The van der Waals surface area contributed by atoms with E-state index in [-0.39, 0.29) is 18.3 Å². The Morgan fingerprint density at radius 2 is 2.15 bits per heavy atom. The molecule has 1 heterocycles. The van der Waals surface area contributed by atoms with Crippen molar-refractivity contribution in [3.63, 3.8) is 0 Å². The number of anilines is 1. The minimum absolute atomic E-state index is 0.244. The van der Waals surface area contributed by atoms with Crippen molar-refractivity contribution in [1.82, 2.24) is 10.3 Å². The molecule has 0 radical (unpaired) electrons. The van der Waals surface area contributed by atoms with Gasteiger partial charge in [-0.2, -0.15) is 0 Å². The van der Waals surface area contributed by atoms with E-state index in [0.717, 1.165) is 5.69 Å². The van der Waals surface area contributed by atoms with Crippen LogP contribution in [-0.4, -0.2) is 17.9 Å². The van der Waals surface area contributed by atoms with Crippen LogP contribution in [0.4, 0.5) is 10.1 Å². The standard InChI is InChI=1S/C15H16FN3O/c1-10-6-14(17-2)13(9-18-10)15(20)19-8-11-4-3-5-12(16)7-11/h3-7,9H,8H2,1-2H3,(H,17,18)(H,19,20). The zero-order valence-electron chi connectivity index (χ0n) is 11.4. The van der Waals surface area contributed by atoms with Crippen molar-refractivity contribution in [3.8, 4) is 0 Å². The fraction of sp³-hybridized carbons (Fsp3) is 0.200. The third kappa shape index (κ3) is 3.32. The van der Waals surface area contributed by atoms with E-state index in [1.54, 1.807) is 25.2 Å². The summed E-state index contributed by atoms with van der Waals surface area (Å²) in [5.41, 5.74) is 2.73. The Balaban J connectivity index is 2.09. The molecule has 2 N–H and O–H groups in total. The summed E-state index contributed by atoms with van der Waals surface area (Å²) < 4.78 is 13.0. The van der Waals surface area contributed by atoms with Gasteiger partial charge in [-0.05, 0) is 30.7 Å². The SMILES string of the molecule is CNc1cc(C)ncc1C(=O)NCc1cccc(F)c1. The zero-order valence-corrected chi connectivity index (χ0v) is 11.4. The molecule has 0 saturated carbocycles. The Morgan fingerprint density at radius 1 is 1.35 bits per heavy atom. The zero-order chi connectivity index (χ0) is 14.5. The smallest absolute Gasteiger partial charge is 0.255 e. The number of halogens is 1. The van der Waals surface area contributed by atoms with Crippen LogP contribution in [0.3, 0.4) is 0 Å². The maximum Gasteiger partial charge on any atom is 0.255 e. The van der Waals surface area contributed by atoms with E-state index in [1.807, 2.05) is 6.92 Å². The maximum atomic E-state index is 13.0. The van der Waals surface area contributed by atoms with Crippen LogP contribution in [0.25, 0.3) is 0 Å². The minimum atomic E-state index is -0.315. The molecule has 0 aliphatic carbocycles. The summed E-state index contributed by atoms with van der Waals surface area (Å²) in [5.74, 6) is -0.559. The predicted octanol–water partition coefficient (Wildman–Crippen LogP) is 2.50. The molecule has 0 unspecified atom stereocenters. The molecule has 1 amide bonds. The molecule has 20 heavy (non-hydrogen) atoms. The Labute approximate surface area is 117 Å². The van der Waals surface area contributed by atoms with Gasteiger partial charge in [-0.25, -0.2) is 4.39 Å². The van der Waals surface area contributed by atoms with Crippen LogP contribution in [0.5, 0.6) is 0 Å². The van der Waals surface area contributed by atoms with Gasteiger partial charge in [-0.3, -0.25) is 9.78 Å². The molecule has 0 atom stereocenters. The van der Waals surface area contributed by atoms with E-state index in [1.165, 1.54) is 18.3 Å². The van der Waals surface area contributed by atoms with Gasteiger partial charge >= 0.3 is 0 Å². The van der Waals surface area contributed by atoms with Crippen LogP contribution < -0.4 is 10.6 Å². The van der Waals surface area contributed by atoms with Crippen LogP contribution in [0.2, 0.25) is 0 Å². The van der Waals surface area contributed by atoms with E-state index in [0.29, 0.717) is 16.8 Å². The fourth-order valence-electron chi connectivity index (χ4n) is 1.87. The molecule has 1 aromatic heterocycles. The Bertz CT molecular complexity index is 628. The first-order valence-corrected chi connectivity index (χ1v) is 6.27. The fourth-order valence-corrected chi connectivity index (χ4v) is 1.87. The second-order valence-corrected chi connectivity index (χ2v) is 4.43. The second-order valence-electron chi connectivity index (χ2n) is 4.43. The van der Waals surface area contributed by atoms with Gasteiger partial charge in [0, 0.05) is 25.5 Å². The molecule has 104 valence electrons. The van der Waals surface area contributed by atoms with Gasteiger partial charge in [0.15, 0.2) is 0 Å². The summed E-state index contributed by atoms with van der Waals surface area (Å²) in [6.45, 7) is 2.13. The highest BCUT2D eigenvalue weighted by molar-refractivity contribution is 5.99. The lowest BCUT2D eigenvalue weighted by atomic mass is 10.1. The van der Waals surface area contributed by atoms with Gasteiger partial charge in [-0.1, -0.05) is 12.1 Å². The lowest BCUT2D eigenvalue weighted by Gasteiger charge is -2.10. The van der Waals surface area contributed by atoms with Crippen molar-refractivity contribution in [1.29, 1.82) is 0 Å². The van der Waals surface area contributed by atoms with Gasteiger partial charge in [0.05, 0.1) is 11.3 Å². The first-order chi connectivity index (χ1) is 9.60. The Hall–Kier alpha value is -2.43. The van der Waals surface area contributed by atoms with Crippen LogP contribution in [0.15, 0.2) is 36.5 Å². The minimum Gasteiger partial charge on any atom is -0.387 e. The number of carbonyl (C=O) groups excluding carboxylic acids is 1. The highest BCUT2D eigenvalue weighted by atomic mass is 19.1. The number of carbonyl (C=O) groups is 1. The Morgan fingerprint density at radius 3 is 2.85 bits per heavy atom. The number of hydrogen-bond donors (Lipinski definition) is 2. The molecular weight excluding hydrogens is 257 g/mol. The van der Waals surface area contributed by atoms with Crippen molar-refractivity contribution in [3.05, 3.63) is 59.2 Å². The van der Waals surface area contributed by atoms with Crippen LogP contribution in [0, 0.1) is 12.7 Å². The van der Waals surface area contributed by atoms with E-state index in [2.05, 4.69) is 15.6 Å². The lowest BCUT2D eigenvalue weighted by molar-refractivity contribution is 0.0951. The van der Waals surface area contributed by atoms with Crippen LogP contribution >= 0.6 is 0 Å². The molecule has 2 aromatic rings. The average molecular weight is 273 g/mol. The Kier molecular flexibility index (Phi) is 4.30. The summed E-state index contributed by atoms with van der Waals surface area (Å²) in [6.07, 6.45) is 1.53. The molecule has 0 aliphatic heterocycles. The number of benzene rings is 1. The van der Waals surface area contributed by atoms with Crippen molar-refractivity contribution < 1.29 is 9.18 Å². The van der Waals surface area contributed by atoms with Gasteiger partial charge in [0.1, 0.15) is 5.82 Å². The molecule has 0 spiro atoms. The number of aromatic nitrogens is 1. The van der Waals surface area contributed by atoms with E-state index >= 15 is 0 Å². The number of hydrogen-bond acceptors (Lipinski definition) is 3. The molecule has 0 saturated heterocycles. The number of pyridine rings is 1. The summed E-state index contributed by atoms with van der Waals surface area (Å²) in [5, 5.41) is 5.71. The highest BCUT2D eigenvalue weighted by Gasteiger charge is 2.11. The molecule has 2 rings (SSSR count). The lowest BCUT2D eigenvalue weighted by Crippen LogP contribution is -2.24. The van der Waals surface area contributed by atoms with E-state index in [4.69, 9.17) is 0 Å². The van der Waals surface area contributed by atoms with Crippen molar-refractivity contribution in [2.75, 3.05) is 12.4 Å². The number of aryl methyl sites for hydroxylation is 1. The molecule has 1 aromatic carbocycles. The third-order valence-electron chi connectivity index (χ3n) is 2.90. The molecular formula is C15H16FN3O. The topological polar surface area (TPSA) is 54.0 Å². The van der Waals surface area contributed by atoms with Crippen LogP contribution in [0.1, 0.15) is 21.6 Å². The summed E-state index contributed by atoms with van der Waals surface area (Å²) in [4.78, 5) is 16.2. The van der Waals surface area contributed by atoms with Crippen molar-refractivity contribution >= 4 is 11.6 Å². The molecule has 0 fully saturated rings. The molecule has 0 aliphatic rings. The van der Waals surface area contributed by atoms with Crippen LogP contribution in [-0.2, 0) is 6.54 Å². The molecule has 4 nitrogen and oxygen atoms in total. The number of nitrogens with one attached hydrogen (secondary N) is 2. The van der Waals surface area contributed by atoms with Gasteiger partial charge < -0.3 is 10.6 Å². The van der Waals surface area contributed by atoms with Crippen molar-refractivity contribution in [2.45, 2.75) is 13.5 Å². The number of nitrogens with zero attached hydrogens (tertiary/aromatic N) is 1. The summed E-state index contributed by atoms with van der Waals surface area (Å²) in [6, 6.07) is 7.94. The third-order valence-corrected chi connectivity index (χ3v) is 2.90. The normalized spacial score (nSPS) is 10.2. The van der Waals surface area contributed by atoms with E-state index < -0.39 is 0 Å². The highest BCUT2D eigenvalue weighted by Crippen LogP contribution is 2.15. The molecule has 5 heteroatoms. The first kappa shape index (κ1) is 14.0. The van der Waals surface area contributed by atoms with E-state index in [9.17, 15) is 9.18 Å². The summed E-state index contributed by atoms with van der Waals surface area (Å²) in [7, 11) is 1.75. The first-order valence-electron chi connectivity index (χ1n) is 6.27. The van der Waals surface area contributed by atoms with Gasteiger partial charge in [0.25, 0.3) is 5.91 Å². The average Bonchev–Trinajstić information content (AvgIpc) is 2.44. The maximum absolute atomic E-state index is 13.0. The van der Waals surface area contributed by atoms with Gasteiger partial charge in [-0.15, -0.1) is 0 Å². The monoisotopic (exact) mass is 273 g/mol. The number of rotatable bonds is 4.